The summed E-state index contributed by atoms with van der Waals surface area (Å²) in [5.41, 5.74) is 5.30. The van der Waals surface area contributed by atoms with Gasteiger partial charge >= 0.3 is 0 Å². The second-order valence-electron chi connectivity index (χ2n) is 5.26. The highest BCUT2D eigenvalue weighted by molar-refractivity contribution is 7.80. The zero-order valence-electron chi connectivity index (χ0n) is 14.8. The minimum absolute atomic E-state index is 0.00897. The maximum Gasteiger partial charge on any atom is 0.257 e. The van der Waals surface area contributed by atoms with Gasteiger partial charge in [0.1, 0.15) is 5.75 Å². The summed E-state index contributed by atoms with van der Waals surface area (Å²) in [7, 11) is 0. The highest BCUT2D eigenvalue weighted by Crippen LogP contribution is 2.14. The molecule has 1 aromatic carbocycles. The first-order valence-electron chi connectivity index (χ1n) is 8.20. The summed E-state index contributed by atoms with van der Waals surface area (Å²) in [4.78, 5) is 23.6. The smallest absolute Gasteiger partial charge is 0.257 e. The van der Waals surface area contributed by atoms with Crippen LogP contribution in [-0.2, 0) is 9.53 Å². The van der Waals surface area contributed by atoms with E-state index in [4.69, 9.17) is 21.7 Å². The molecule has 0 spiro atoms. The quantitative estimate of drug-likeness (QED) is 0.370. The number of benzene rings is 1. The van der Waals surface area contributed by atoms with Crippen LogP contribution in [-0.4, -0.2) is 36.2 Å². The van der Waals surface area contributed by atoms with Crippen LogP contribution in [0.15, 0.2) is 24.3 Å². The van der Waals surface area contributed by atoms with Crippen molar-refractivity contribution in [1.82, 2.24) is 16.2 Å². The Kier molecular flexibility index (Phi) is 9.49. The van der Waals surface area contributed by atoms with Crippen molar-refractivity contribution in [2.75, 3.05) is 13.2 Å². The lowest BCUT2D eigenvalue weighted by Gasteiger charge is -2.13. The van der Waals surface area contributed by atoms with Gasteiger partial charge in [0.25, 0.3) is 5.91 Å². The lowest BCUT2D eigenvalue weighted by atomic mass is 10.2. The number of carbonyl (C=O) groups excluding carboxylic acids is 2. The van der Waals surface area contributed by atoms with Crippen LogP contribution in [0.25, 0.3) is 0 Å². The first kappa shape index (κ1) is 20.9. The van der Waals surface area contributed by atoms with Gasteiger partial charge < -0.3 is 9.47 Å². The van der Waals surface area contributed by atoms with Gasteiger partial charge in [0.15, 0.2) is 5.11 Å². The van der Waals surface area contributed by atoms with E-state index in [1.54, 1.807) is 24.3 Å². The summed E-state index contributed by atoms with van der Waals surface area (Å²) in [6.45, 7) is 6.75. The Morgan fingerprint density at radius 2 is 1.84 bits per heavy atom. The van der Waals surface area contributed by atoms with Crippen molar-refractivity contribution in [3.05, 3.63) is 29.8 Å². The predicted molar refractivity (Wildman–Crippen MR) is 99.3 cm³/mol. The summed E-state index contributed by atoms with van der Waals surface area (Å²) in [5.74, 6) is 0.0425. The SMILES string of the molecule is CCOCCC(=O)NNC(=S)NC(=O)c1ccc(OC(C)CC)cc1. The van der Waals surface area contributed by atoms with Crippen LogP contribution in [0.2, 0.25) is 0 Å². The molecule has 138 valence electrons. The average Bonchev–Trinajstić information content (AvgIpc) is 2.60. The van der Waals surface area contributed by atoms with E-state index in [0.29, 0.717) is 24.5 Å². The maximum absolute atomic E-state index is 12.1. The van der Waals surface area contributed by atoms with E-state index in [1.165, 1.54) is 0 Å². The van der Waals surface area contributed by atoms with Crippen molar-refractivity contribution < 1.29 is 19.1 Å². The van der Waals surface area contributed by atoms with Gasteiger partial charge in [-0.25, -0.2) is 0 Å². The number of amides is 2. The number of carbonyl (C=O) groups is 2. The molecule has 0 aliphatic rings. The zero-order chi connectivity index (χ0) is 18.7. The molecule has 1 rings (SSSR count). The largest absolute Gasteiger partial charge is 0.491 e. The summed E-state index contributed by atoms with van der Waals surface area (Å²) in [6.07, 6.45) is 1.22. The van der Waals surface area contributed by atoms with Crippen molar-refractivity contribution >= 4 is 29.1 Å². The molecule has 7 nitrogen and oxygen atoms in total. The second kappa shape index (κ2) is 11.4. The molecular weight excluding hydrogens is 342 g/mol. The van der Waals surface area contributed by atoms with Crippen LogP contribution in [0.1, 0.15) is 44.0 Å². The molecule has 0 bridgehead atoms. The zero-order valence-corrected chi connectivity index (χ0v) is 15.6. The van der Waals surface area contributed by atoms with E-state index in [-0.39, 0.29) is 29.5 Å². The van der Waals surface area contributed by atoms with Gasteiger partial charge in [0, 0.05) is 12.2 Å². The van der Waals surface area contributed by atoms with Crippen LogP contribution in [0.3, 0.4) is 0 Å². The van der Waals surface area contributed by atoms with Gasteiger partial charge in [-0.1, -0.05) is 6.92 Å². The number of hydrogen-bond donors (Lipinski definition) is 3. The minimum atomic E-state index is -0.379. The maximum atomic E-state index is 12.1. The number of hydrazine groups is 1. The molecule has 8 heteroatoms. The minimum Gasteiger partial charge on any atom is -0.491 e. The summed E-state index contributed by atoms with van der Waals surface area (Å²) >= 11 is 4.97. The number of nitrogens with one attached hydrogen (secondary N) is 3. The molecule has 0 aliphatic carbocycles. The normalized spacial score (nSPS) is 11.3. The molecule has 1 aromatic rings. The number of hydrogen-bond acceptors (Lipinski definition) is 5. The number of ether oxygens (including phenoxy) is 2. The Morgan fingerprint density at radius 3 is 2.44 bits per heavy atom. The molecule has 3 N–H and O–H groups in total. The molecule has 0 radical (unpaired) electrons. The Balaban J connectivity index is 2.39. The van der Waals surface area contributed by atoms with Crippen molar-refractivity contribution in [3.63, 3.8) is 0 Å². The summed E-state index contributed by atoms with van der Waals surface area (Å²) < 4.78 is 10.7. The lowest BCUT2D eigenvalue weighted by molar-refractivity contribution is -0.122. The lowest BCUT2D eigenvalue weighted by Crippen LogP contribution is -2.48. The van der Waals surface area contributed by atoms with Gasteiger partial charge in [0.2, 0.25) is 5.91 Å². The Hall–Kier alpha value is -2.19. The van der Waals surface area contributed by atoms with E-state index in [0.717, 1.165) is 6.42 Å². The predicted octanol–water partition coefficient (Wildman–Crippen LogP) is 1.93. The topological polar surface area (TPSA) is 88.7 Å². The van der Waals surface area contributed by atoms with Crippen molar-refractivity contribution in [2.24, 2.45) is 0 Å². The average molecular weight is 367 g/mol. The molecule has 0 fully saturated rings. The standard InChI is InChI=1S/C17H25N3O4S/c1-4-12(3)24-14-8-6-13(7-9-14)16(22)18-17(25)20-19-15(21)10-11-23-5-2/h6-9,12H,4-5,10-11H2,1-3H3,(H,19,21)(H2,18,20,22,25). The third-order valence-corrected chi connectivity index (χ3v) is 3.45. The third-order valence-electron chi connectivity index (χ3n) is 3.25. The molecule has 0 saturated carbocycles. The fraction of sp³-hybridized carbons (Fsp3) is 0.471. The van der Waals surface area contributed by atoms with E-state index < -0.39 is 0 Å². The van der Waals surface area contributed by atoms with Crippen LogP contribution in [0.5, 0.6) is 5.75 Å². The number of rotatable bonds is 8. The van der Waals surface area contributed by atoms with Gasteiger partial charge in [-0.15, -0.1) is 0 Å². The fourth-order valence-electron chi connectivity index (χ4n) is 1.71. The van der Waals surface area contributed by atoms with E-state index in [1.807, 2.05) is 20.8 Å². The molecule has 2 amide bonds. The van der Waals surface area contributed by atoms with Crippen LogP contribution >= 0.6 is 12.2 Å². The second-order valence-corrected chi connectivity index (χ2v) is 5.67. The Labute approximate surface area is 153 Å². The van der Waals surface area contributed by atoms with Crippen LogP contribution in [0.4, 0.5) is 0 Å². The van der Waals surface area contributed by atoms with Gasteiger partial charge in [0.05, 0.1) is 19.1 Å². The molecule has 1 atom stereocenters. The molecule has 0 saturated heterocycles. The summed E-state index contributed by atoms with van der Waals surface area (Å²) in [6, 6.07) is 6.76. The summed E-state index contributed by atoms with van der Waals surface area (Å²) in [5, 5.41) is 2.49. The van der Waals surface area contributed by atoms with E-state index >= 15 is 0 Å². The Morgan fingerprint density at radius 1 is 1.16 bits per heavy atom. The first-order valence-corrected chi connectivity index (χ1v) is 8.61. The molecule has 25 heavy (non-hydrogen) atoms. The molecule has 0 aliphatic heterocycles. The van der Waals surface area contributed by atoms with Gasteiger partial charge in [-0.2, -0.15) is 0 Å². The van der Waals surface area contributed by atoms with Gasteiger partial charge in [-0.3, -0.25) is 25.8 Å². The highest BCUT2D eigenvalue weighted by Gasteiger charge is 2.09. The molecular formula is C17H25N3O4S. The molecule has 1 unspecified atom stereocenters. The monoisotopic (exact) mass is 367 g/mol. The van der Waals surface area contributed by atoms with E-state index in [9.17, 15) is 9.59 Å². The highest BCUT2D eigenvalue weighted by atomic mass is 32.1. The Bertz CT molecular complexity index is 578. The van der Waals surface area contributed by atoms with Crippen molar-refractivity contribution in [2.45, 2.75) is 39.7 Å². The van der Waals surface area contributed by atoms with Crippen LogP contribution in [0, 0.1) is 0 Å². The molecule has 0 aromatic heterocycles. The fourth-order valence-corrected chi connectivity index (χ4v) is 1.85. The van der Waals surface area contributed by atoms with Crippen LogP contribution < -0.4 is 20.9 Å². The molecule has 0 heterocycles. The van der Waals surface area contributed by atoms with Crippen molar-refractivity contribution in [3.8, 4) is 5.75 Å². The van der Waals surface area contributed by atoms with E-state index in [2.05, 4.69) is 16.2 Å². The van der Waals surface area contributed by atoms with Crippen molar-refractivity contribution in [1.29, 1.82) is 0 Å². The van der Waals surface area contributed by atoms with Gasteiger partial charge in [-0.05, 0) is 56.8 Å². The third kappa shape index (κ3) is 8.46. The first-order chi connectivity index (χ1) is 12.0. The number of thiocarbonyl (C=S) groups is 1.